The number of hydrogen-bond donors (Lipinski definition) is 1. The molecule has 2 aromatic carbocycles. The predicted octanol–water partition coefficient (Wildman–Crippen LogP) is 2.97. The van der Waals surface area contributed by atoms with Crippen molar-refractivity contribution >= 4 is 34.7 Å². The first kappa shape index (κ1) is 17.7. The first-order valence-corrected chi connectivity index (χ1v) is 7.98. The Morgan fingerprint density at radius 1 is 1.33 bits per heavy atom. The van der Waals surface area contributed by atoms with E-state index in [4.69, 9.17) is 14.7 Å². The zero-order chi connectivity index (χ0) is 17.4. The van der Waals surface area contributed by atoms with Crippen LogP contribution in [0.2, 0.25) is 0 Å². The fraction of sp³-hybridized carbons (Fsp3) is 0.118. The highest BCUT2D eigenvalue weighted by molar-refractivity contribution is 14.1. The molecule has 0 saturated carbocycles. The third kappa shape index (κ3) is 4.96. The minimum Gasteiger partial charge on any atom is -0.496 e. The summed E-state index contributed by atoms with van der Waals surface area (Å²) < 4.78 is 11.3. The number of hydrogen-bond acceptors (Lipinski definition) is 5. The minimum absolute atomic E-state index is 0.00294. The van der Waals surface area contributed by atoms with Gasteiger partial charge in [0.1, 0.15) is 17.6 Å². The van der Waals surface area contributed by atoms with E-state index >= 15 is 0 Å². The summed E-state index contributed by atoms with van der Waals surface area (Å²) in [6.07, 6.45) is 1.52. The predicted molar refractivity (Wildman–Crippen MR) is 98.3 cm³/mol. The minimum atomic E-state index is -0.324. The molecule has 2 rings (SSSR count). The number of amides is 1. The number of carbonyl (C=O) groups excluding carboxylic acids is 1. The van der Waals surface area contributed by atoms with Crippen LogP contribution in [-0.2, 0) is 0 Å². The molecular weight excluding hydrogens is 421 g/mol. The molecule has 7 heteroatoms. The molecule has 0 aliphatic heterocycles. The zero-order valence-electron chi connectivity index (χ0n) is 12.8. The molecule has 0 aliphatic rings. The van der Waals surface area contributed by atoms with Gasteiger partial charge in [0.05, 0.1) is 16.9 Å². The molecular formula is C17H14IN3O3. The lowest BCUT2D eigenvalue weighted by Gasteiger charge is -2.05. The Bertz CT molecular complexity index is 783. The molecule has 6 nitrogen and oxygen atoms in total. The van der Waals surface area contributed by atoms with Gasteiger partial charge in [0.15, 0.2) is 6.61 Å². The summed E-state index contributed by atoms with van der Waals surface area (Å²) in [6.45, 7) is 0.00294. The van der Waals surface area contributed by atoms with Crippen molar-refractivity contribution in [1.82, 2.24) is 5.43 Å². The smallest absolute Gasteiger partial charge is 0.271 e. The van der Waals surface area contributed by atoms with Crippen molar-refractivity contribution in [1.29, 1.82) is 5.26 Å². The van der Waals surface area contributed by atoms with Gasteiger partial charge in [0.25, 0.3) is 5.91 Å². The fourth-order valence-electron chi connectivity index (χ4n) is 1.80. The van der Waals surface area contributed by atoms with Gasteiger partial charge in [-0.3, -0.25) is 4.79 Å². The van der Waals surface area contributed by atoms with Crippen molar-refractivity contribution < 1.29 is 14.3 Å². The molecule has 0 atom stereocenters. The zero-order valence-corrected chi connectivity index (χ0v) is 15.0. The first-order chi connectivity index (χ1) is 11.6. The van der Waals surface area contributed by atoms with E-state index < -0.39 is 0 Å². The van der Waals surface area contributed by atoms with E-state index in [1.807, 2.05) is 6.07 Å². The van der Waals surface area contributed by atoms with Crippen LogP contribution in [0.25, 0.3) is 0 Å². The number of halogens is 1. The molecule has 122 valence electrons. The number of carbonyl (C=O) groups is 1. The highest BCUT2D eigenvalue weighted by atomic mass is 127. The second kappa shape index (κ2) is 8.88. The Morgan fingerprint density at radius 2 is 2.08 bits per heavy atom. The lowest BCUT2D eigenvalue weighted by molar-refractivity contribution is 0.0954. The number of ether oxygens (including phenoxy) is 2. The monoisotopic (exact) mass is 435 g/mol. The van der Waals surface area contributed by atoms with Crippen LogP contribution in [0.15, 0.2) is 47.6 Å². The van der Waals surface area contributed by atoms with Crippen molar-refractivity contribution in [3.05, 3.63) is 57.2 Å². The van der Waals surface area contributed by atoms with Crippen molar-refractivity contribution in [2.75, 3.05) is 13.7 Å². The molecule has 0 aromatic heterocycles. The standard InChI is InChI=1S/C17H14IN3O3/c1-23-16-10-13(4-7-15(16)18)17(22)21-20-11-12-2-5-14(6-3-12)24-9-8-19/h2-7,10-11H,9H2,1H3,(H,21,22)/b20-11-. The maximum atomic E-state index is 12.1. The second-order valence-corrected chi connectivity index (χ2v) is 5.73. The summed E-state index contributed by atoms with van der Waals surface area (Å²) in [5.74, 6) is 0.916. The highest BCUT2D eigenvalue weighted by Crippen LogP contribution is 2.21. The summed E-state index contributed by atoms with van der Waals surface area (Å²) in [7, 11) is 1.56. The van der Waals surface area contributed by atoms with E-state index in [0.717, 1.165) is 9.13 Å². The Balaban J connectivity index is 1.96. The largest absolute Gasteiger partial charge is 0.496 e. The third-order valence-electron chi connectivity index (χ3n) is 2.98. The van der Waals surface area contributed by atoms with Crippen LogP contribution in [0.4, 0.5) is 0 Å². The molecule has 0 bridgehead atoms. The molecule has 0 aliphatic carbocycles. The van der Waals surface area contributed by atoms with Crippen LogP contribution in [0, 0.1) is 14.9 Å². The molecule has 24 heavy (non-hydrogen) atoms. The molecule has 1 amide bonds. The second-order valence-electron chi connectivity index (χ2n) is 4.56. The highest BCUT2D eigenvalue weighted by Gasteiger charge is 2.08. The van der Waals surface area contributed by atoms with E-state index in [9.17, 15) is 4.79 Å². The average Bonchev–Trinajstić information content (AvgIpc) is 2.61. The van der Waals surface area contributed by atoms with Gasteiger partial charge in [0.2, 0.25) is 0 Å². The van der Waals surface area contributed by atoms with Crippen molar-refractivity contribution in [3.63, 3.8) is 0 Å². The Morgan fingerprint density at radius 3 is 2.75 bits per heavy atom. The number of benzene rings is 2. The lowest BCUT2D eigenvalue weighted by atomic mass is 10.2. The van der Waals surface area contributed by atoms with Crippen LogP contribution in [0.3, 0.4) is 0 Å². The van der Waals surface area contributed by atoms with Crippen LogP contribution in [0.5, 0.6) is 11.5 Å². The van der Waals surface area contributed by atoms with E-state index in [0.29, 0.717) is 17.1 Å². The third-order valence-corrected chi connectivity index (χ3v) is 3.87. The molecule has 0 heterocycles. The quantitative estimate of drug-likeness (QED) is 0.430. The van der Waals surface area contributed by atoms with Crippen LogP contribution in [-0.4, -0.2) is 25.8 Å². The Kier molecular flexibility index (Phi) is 6.57. The number of nitrogens with one attached hydrogen (secondary N) is 1. The maximum Gasteiger partial charge on any atom is 0.271 e. The van der Waals surface area contributed by atoms with Crippen LogP contribution < -0.4 is 14.9 Å². The van der Waals surface area contributed by atoms with Gasteiger partial charge in [-0.25, -0.2) is 5.43 Å². The Labute approximate surface area is 153 Å². The topological polar surface area (TPSA) is 83.7 Å². The van der Waals surface area contributed by atoms with Crippen LogP contribution in [0.1, 0.15) is 15.9 Å². The summed E-state index contributed by atoms with van der Waals surface area (Å²) >= 11 is 2.13. The number of rotatable bonds is 6. The summed E-state index contributed by atoms with van der Waals surface area (Å²) in [5, 5.41) is 12.4. The van der Waals surface area contributed by atoms with Gasteiger partial charge in [-0.2, -0.15) is 10.4 Å². The first-order valence-electron chi connectivity index (χ1n) is 6.91. The van der Waals surface area contributed by atoms with Gasteiger partial charge in [-0.15, -0.1) is 0 Å². The Hall–Kier alpha value is -2.60. The van der Waals surface area contributed by atoms with Gasteiger partial charge < -0.3 is 9.47 Å². The van der Waals surface area contributed by atoms with E-state index in [1.54, 1.807) is 49.6 Å². The van der Waals surface area contributed by atoms with Crippen molar-refractivity contribution in [3.8, 4) is 17.6 Å². The number of nitriles is 1. The summed E-state index contributed by atoms with van der Waals surface area (Å²) in [5.41, 5.74) is 3.72. The van der Waals surface area contributed by atoms with Crippen molar-refractivity contribution in [2.45, 2.75) is 0 Å². The van der Waals surface area contributed by atoms with Gasteiger partial charge >= 0.3 is 0 Å². The average molecular weight is 435 g/mol. The molecule has 0 unspecified atom stereocenters. The SMILES string of the molecule is COc1cc(C(=O)N/N=C\c2ccc(OCC#N)cc2)ccc1I. The maximum absolute atomic E-state index is 12.1. The number of methoxy groups -OCH3 is 1. The van der Waals surface area contributed by atoms with E-state index in [1.165, 1.54) is 6.21 Å². The summed E-state index contributed by atoms with van der Waals surface area (Å²) in [4.78, 5) is 12.1. The van der Waals surface area contributed by atoms with Gasteiger partial charge in [-0.1, -0.05) is 0 Å². The van der Waals surface area contributed by atoms with Crippen molar-refractivity contribution in [2.24, 2.45) is 5.10 Å². The van der Waals surface area contributed by atoms with Gasteiger partial charge in [-0.05, 0) is 70.6 Å². The lowest BCUT2D eigenvalue weighted by Crippen LogP contribution is -2.17. The van der Waals surface area contributed by atoms with E-state index in [-0.39, 0.29) is 12.5 Å². The normalized spacial score (nSPS) is 10.2. The molecule has 0 saturated heterocycles. The summed E-state index contributed by atoms with van der Waals surface area (Å²) in [6, 6.07) is 14.1. The van der Waals surface area contributed by atoms with E-state index in [2.05, 4.69) is 33.1 Å². The fourth-order valence-corrected chi connectivity index (χ4v) is 2.35. The molecule has 0 fully saturated rings. The molecule has 1 N–H and O–H groups in total. The number of hydrazone groups is 1. The molecule has 0 spiro atoms. The van der Waals surface area contributed by atoms with Gasteiger partial charge in [0, 0.05) is 5.56 Å². The van der Waals surface area contributed by atoms with Crippen LogP contribution >= 0.6 is 22.6 Å². The number of nitrogens with zero attached hydrogens (tertiary/aromatic N) is 2. The molecule has 2 aromatic rings. The molecule has 0 radical (unpaired) electrons.